The Labute approximate surface area is 154 Å². The van der Waals surface area contributed by atoms with Gasteiger partial charge >= 0.3 is 6.09 Å². The molecule has 1 amide bonds. The Bertz CT molecular complexity index is 758. The molecule has 0 radical (unpaired) electrons. The summed E-state index contributed by atoms with van der Waals surface area (Å²) in [4.78, 5) is 14.5. The Morgan fingerprint density at radius 3 is 2.32 bits per heavy atom. The summed E-state index contributed by atoms with van der Waals surface area (Å²) in [5, 5.41) is -0.0719. The Balaban J connectivity index is 1.79. The molecule has 138 valence electrons. The van der Waals surface area contributed by atoms with E-state index in [-0.39, 0.29) is 23.1 Å². The molecule has 0 aliphatic carbocycles. The third kappa shape index (κ3) is 3.80. The fourth-order valence-electron chi connectivity index (χ4n) is 3.83. The number of hydrogen-bond acceptors (Lipinski definition) is 4. The highest BCUT2D eigenvalue weighted by Gasteiger charge is 2.48. The summed E-state index contributed by atoms with van der Waals surface area (Å²) in [6.45, 7) is 5.51. The van der Waals surface area contributed by atoms with Crippen LogP contribution in [0.5, 0.6) is 0 Å². The summed E-state index contributed by atoms with van der Waals surface area (Å²) in [6.07, 6.45) is 2.21. The molecule has 0 spiro atoms. The zero-order chi connectivity index (χ0) is 18.4. The van der Waals surface area contributed by atoms with E-state index in [1.54, 1.807) is 23.1 Å². The van der Waals surface area contributed by atoms with E-state index in [1.165, 1.54) is 6.07 Å². The van der Waals surface area contributed by atoms with E-state index < -0.39 is 20.7 Å². The lowest BCUT2D eigenvalue weighted by atomic mass is 10.0. The van der Waals surface area contributed by atoms with Crippen LogP contribution in [-0.2, 0) is 14.6 Å². The third-order valence-corrected chi connectivity index (χ3v) is 7.27. The van der Waals surface area contributed by atoms with Crippen LogP contribution in [-0.4, -0.2) is 42.3 Å². The van der Waals surface area contributed by atoms with Crippen molar-refractivity contribution in [1.29, 1.82) is 0 Å². The van der Waals surface area contributed by atoms with E-state index in [4.69, 9.17) is 16.3 Å². The Morgan fingerprint density at radius 2 is 1.80 bits per heavy atom. The molecule has 2 saturated heterocycles. The minimum absolute atomic E-state index is 0.0763. The van der Waals surface area contributed by atoms with Crippen LogP contribution < -0.4 is 0 Å². The second-order valence-electron chi connectivity index (χ2n) is 7.87. The van der Waals surface area contributed by atoms with Gasteiger partial charge in [-0.3, -0.25) is 0 Å². The Hall–Kier alpha value is -1.27. The molecule has 1 unspecified atom stereocenters. The molecule has 25 heavy (non-hydrogen) atoms. The van der Waals surface area contributed by atoms with Gasteiger partial charge in [-0.2, -0.15) is 0 Å². The molecular weight excluding hydrogens is 362 g/mol. The van der Waals surface area contributed by atoms with Gasteiger partial charge in [-0.15, -0.1) is 0 Å². The summed E-state index contributed by atoms with van der Waals surface area (Å²) in [5.74, 6) is 0. The molecule has 3 rings (SSSR count). The predicted octanol–water partition coefficient (Wildman–Crippen LogP) is 4.04. The summed E-state index contributed by atoms with van der Waals surface area (Å²) in [6, 6.07) is 6.25. The summed E-state index contributed by atoms with van der Waals surface area (Å²) >= 11 is 5.95. The molecule has 1 aromatic rings. The van der Waals surface area contributed by atoms with Gasteiger partial charge in [0.2, 0.25) is 0 Å². The van der Waals surface area contributed by atoms with Gasteiger partial charge in [0, 0.05) is 17.1 Å². The molecule has 5 nitrogen and oxygen atoms in total. The first-order valence-corrected chi connectivity index (χ1v) is 10.5. The summed E-state index contributed by atoms with van der Waals surface area (Å²) in [5.41, 5.74) is -0.555. The van der Waals surface area contributed by atoms with Gasteiger partial charge in [-0.05, 0) is 64.7 Å². The summed E-state index contributed by atoms with van der Waals surface area (Å²) < 4.78 is 31.4. The zero-order valence-corrected chi connectivity index (χ0v) is 16.3. The molecule has 2 aliphatic heterocycles. The van der Waals surface area contributed by atoms with Gasteiger partial charge in [-0.1, -0.05) is 17.7 Å². The van der Waals surface area contributed by atoms with E-state index in [0.29, 0.717) is 17.9 Å². The first-order valence-electron chi connectivity index (χ1n) is 8.59. The highest BCUT2D eigenvalue weighted by atomic mass is 35.5. The average Bonchev–Trinajstić information content (AvgIpc) is 2.76. The van der Waals surface area contributed by atoms with Crippen LogP contribution >= 0.6 is 11.6 Å². The molecule has 0 N–H and O–H groups in total. The van der Waals surface area contributed by atoms with Crippen LogP contribution in [0.2, 0.25) is 5.02 Å². The molecular formula is C18H24ClNO4S. The van der Waals surface area contributed by atoms with Crippen LogP contribution in [0.15, 0.2) is 29.2 Å². The van der Waals surface area contributed by atoms with E-state index in [1.807, 2.05) is 20.8 Å². The smallest absolute Gasteiger partial charge is 0.410 e. The van der Waals surface area contributed by atoms with Crippen molar-refractivity contribution in [1.82, 2.24) is 4.90 Å². The van der Waals surface area contributed by atoms with Crippen molar-refractivity contribution >= 4 is 27.5 Å². The maximum Gasteiger partial charge on any atom is 0.410 e. The van der Waals surface area contributed by atoms with Crippen LogP contribution in [0.4, 0.5) is 4.79 Å². The van der Waals surface area contributed by atoms with Crippen LogP contribution in [0.3, 0.4) is 0 Å². The van der Waals surface area contributed by atoms with Crippen LogP contribution in [0, 0.1) is 0 Å². The number of sulfone groups is 1. The minimum Gasteiger partial charge on any atom is -0.444 e. The number of carbonyl (C=O) groups is 1. The fourth-order valence-corrected chi connectivity index (χ4v) is 5.98. The van der Waals surface area contributed by atoms with E-state index in [9.17, 15) is 13.2 Å². The first-order chi connectivity index (χ1) is 11.6. The maximum atomic E-state index is 13.0. The number of hydrogen-bond donors (Lipinski definition) is 0. The molecule has 2 fully saturated rings. The number of rotatable bonds is 2. The van der Waals surface area contributed by atoms with Crippen LogP contribution in [0.25, 0.3) is 0 Å². The number of benzene rings is 1. The molecule has 7 heteroatoms. The molecule has 0 saturated carbocycles. The zero-order valence-electron chi connectivity index (χ0n) is 14.7. The second kappa shape index (κ2) is 6.47. The Morgan fingerprint density at radius 1 is 1.20 bits per heavy atom. The van der Waals surface area contributed by atoms with Crippen molar-refractivity contribution in [2.45, 2.75) is 74.3 Å². The van der Waals surface area contributed by atoms with Crippen molar-refractivity contribution in [2.75, 3.05) is 0 Å². The van der Waals surface area contributed by atoms with Gasteiger partial charge in [0.05, 0.1) is 10.1 Å². The quantitative estimate of drug-likeness (QED) is 0.770. The number of ether oxygens (including phenoxy) is 1. The van der Waals surface area contributed by atoms with Crippen molar-refractivity contribution in [3.8, 4) is 0 Å². The second-order valence-corrected chi connectivity index (χ2v) is 10.5. The highest BCUT2D eigenvalue weighted by molar-refractivity contribution is 7.92. The van der Waals surface area contributed by atoms with Crippen molar-refractivity contribution in [3.05, 3.63) is 29.3 Å². The minimum atomic E-state index is -3.46. The number of fused-ring (bicyclic) bond motifs is 2. The summed E-state index contributed by atoms with van der Waals surface area (Å²) in [7, 11) is -3.46. The van der Waals surface area contributed by atoms with Gasteiger partial charge in [0.1, 0.15) is 5.60 Å². The van der Waals surface area contributed by atoms with Gasteiger partial charge in [-0.25, -0.2) is 13.2 Å². The molecule has 2 bridgehead atoms. The maximum absolute atomic E-state index is 13.0. The largest absolute Gasteiger partial charge is 0.444 e. The van der Waals surface area contributed by atoms with Crippen molar-refractivity contribution < 1.29 is 17.9 Å². The first kappa shape index (κ1) is 18.5. The van der Waals surface area contributed by atoms with Gasteiger partial charge in [0.15, 0.2) is 9.84 Å². The lowest BCUT2D eigenvalue weighted by molar-refractivity contribution is 0.00813. The number of nitrogens with zero attached hydrogens (tertiary/aromatic N) is 1. The van der Waals surface area contributed by atoms with Gasteiger partial charge in [0.25, 0.3) is 0 Å². The normalized spacial score (nSPS) is 26.6. The average molecular weight is 386 g/mol. The lowest BCUT2D eigenvalue weighted by Crippen LogP contribution is -2.51. The molecule has 1 aromatic carbocycles. The monoisotopic (exact) mass is 385 g/mol. The number of carbonyl (C=O) groups excluding carboxylic acids is 1. The lowest BCUT2D eigenvalue weighted by Gasteiger charge is -2.39. The van der Waals surface area contributed by atoms with Gasteiger partial charge < -0.3 is 9.64 Å². The molecule has 3 atom stereocenters. The topological polar surface area (TPSA) is 63.7 Å². The standard InChI is InChI=1S/C18H24ClNO4S/c1-18(2,3)24-17(21)20-13-7-8-14(20)11-16(10-13)25(22,23)15-6-4-5-12(19)9-15/h4-6,9,13-14,16H,7-8,10-11H2,1-3H3/t13-,14+,16?. The highest BCUT2D eigenvalue weighted by Crippen LogP contribution is 2.40. The molecule has 2 heterocycles. The number of amides is 1. The van der Waals surface area contributed by atoms with E-state index >= 15 is 0 Å². The van der Waals surface area contributed by atoms with Crippen LogP contribution in [0.1, 0.15) is 46.5 Å². The number of halogens is 1. The SMILES string of the molecule is CC(C)(C)OC(=O)N1[C@@H]2CC[C@H]1CC(S(=O)(=O)c1cccc(Cl)c1)C2. The number of piperidine rings is 1. The fraction of sp³-hybridized carbons (Fsp3) is 0.611. The Kier molecular flexibility index (Phi) is 4.79. The van der Waals surface area contributed by atoms with E-state index in [0.717, 1.165) is 12.8 Å². The predicted molar refractivity (Wildman–Crippen MR) is 96.5 cm³/mol. The molecule has 0 aromatic heterocycles. The molecule has 2 aliphatic rings. The van der Waals surface area contributed by atoms with E-state index in [2.05, 4.69) is 0 Å². The van der Waals surface area contributed by atoms with Crippen molar-refractivity contribution in [3.63, 3.8) is 0 Å². The van der Waals surface area contributed by atoms with Crippen molar-refractivity contribution in [2.24, 2.45) is 0 Å². The third-order valence-electron chi connectivity index (χ3n) is 4.86.